The molecule has 0 saturated carbocycles. The Bertz CT molecular complexity index is 788. The van der Waals surface area contributed by atoms with Crippen LogP contribution in [0.5, 0.6) is 5.75 Å². The number of halogens is 1. The summed E-state index contributed by atoms with van der Waals surface area (Å²) in [5, 5.41) is 20.9. The van der Waals surface area contributed by atoms with Crippen LogP contribution in [0.15, 0.2) is 58.7 Å². The summed E-state index contributed by atoms with van der Waals surface area (Å²) in [6, 6.07) is 14.0. The second-order valence-corrected chi connectivity index (χ2v) is 6.80. The number of aromatic hydroxyl groups is 1. The first kappa shape index (κ1) is 16.5. The molecular formula is C17H14ClN3O2S. The van der Waals surface area contributed by atoms with Gasteiger partial charge in [0, 0.05) is 5.02 Å². The lowest BCUT2D eigenvalue weighted by Crippen LogP contribution is -2.25. The number of hydrogen-bond donors (Lipinski definition) is 2. The Kier molecular flexibility index (Phi) is 5.17. The molecule has 1 fully saturated rings. The van der Waals surface area contributed by atoms with E-state index in [2.05, 4.69) is 15.5 Å². The van der Waals surface area contributed by atoms with E-state index in [-0.39, 0.29) is 16.9 Å². The quantitative estimate of drug-likeness (QED) is 0.650. The normalized spacial score (nSPS) is 19.1. The van der Waals surface area contributed by atoms with E-state index in [0.717, 1.165) is 11.1 Å². The minimum atomic E-state index is -0.228. The van der Waals surface area contributed by atoms with Gasteiger partial charge < -0.3 is 10.4 Å². The van der Waals surface area contributed by atoms with Gasteiger partial charge in [-0.05, 0) is 53.9 Å². The van der Waals surface area contributed by atoms with Crippen molar-refractivity contribution in [2.45, 2.75) is 11.7 Å². The molecule has 1 aliphatic heterocycles. The van der Waals surface area contributed by atoms with Crippen molar-refractivity contribution in [2.75, 3.05) is 0 Å². The Labute approximate surface area is 148 Å². The molecule has 1 amide bonds. The van der Waals surface area contributed by atoms with Crippen LogP contribution in [0.4, 0.5) is 0 Å². The highest BCUT2D eigenvalue weighted by Crippen LogP contribution is 2.24. The van der Waals surface area contributed by atoms with E-state index in [1.54, 1.807) is 30.5 Å². The third kappa shape index (κ3) is 4.37. The number of thioether (sulfide) groups is 1. The maximum atomic E-state index is 12.0. The van der Waals surface area contributed by atoms with Crippen molar-refractivity contribution in [3.63, 3.8) is 0 Å². The predicted octanol–water partition coefficient (Wildman–Crippen LogP) is 3.21. The zero-order valence-corrected chi connectivity index (χ0v) is 14.1. The fraction of sp³-hybridized carbons (Fsp3) is 0.118. The number of nitrogens with zero attached hydrogens (tertiary/aromatic N) is 2. The van der Waals surface area contributed by atoms with E-state index in [0.29, 0.717) is 16.6 Å². The number of carbonyl (C=O) groups is 1. The minimum Gasteiger partial charge on any atom is -0.508 e. The van der Waals surface area contributed by atoms with E-state index in [1.807, 2.05) is 24.3 Å². The summed E-state index contributed by atoms with van der Waals surface area (Å²) in [6.45, 7) is 0. The van der Waals surface area contributed by atoms with Gasteiger partial charge in [0.1, 0.15) is 5.75 Å². The largest absolute Gasteiger partial charge is 0.508 e. The molecule has 1 unspecified atom stereocenters. The van der Waals surface area contributed by atoms with Crippen LogP contribution in [-0.4, -0.2) is 27.6 Å². The van der Waals surface area contributed by atoms with Crippen LogP contribution in [0.1, 0.15) is 11.1 Å². The Balaban J connectivity index is 1.61. The molecule has 2 aromatic carbocycles. The average Bonchev–Trinajstić information content (AvgIpc) is 2.91. The summed E-state index contributed by atoms with van der Waals surface area (Å²) in [4.78, 5) is 12.0. The van der Waals surface area contributed by atoms with Gasteiger partial charge in [-0.15, -0.1) is 5.10 Å². The van der Waals surface area contributed by atoms with Crippen molar-refractivity contribution in [3.05, 3.63) is 64.7 Å². The lowest BCUT2D eigenvalue weighted by molar-refractivity contribution is -0.118. The van der Waals surface area contributed by atoms with Crippen molar-refractivity contribution in [3.8, 4) is 5.75 Å². The SMILES string of the molecule is O=C1N/C(=N/N=C/c2ccc(O)cc2)SC1Cc1ccc(Cl)cc1. The third-order valence-corrected chi connectivity index (χ3v) is 4.68. The number of phenolic OH excluding ortho intramolecular Hbond substituents is 1. The van der Waals surface area contributed by atoms with E-state index in [1.165, 1.54) is 11.8 Å². The summed E-state index contributed by atoms with van der Waals surface area (Å²) in [5.74, 6) is 0.121. The summed E-state index contributed by atoms with van der Waals surface area (Å²) in [5.41, 5.74) is 1.85. The summed E-state index contributed by atoms with van der Waals surface area (Å²) in [7, 11) is 0. The van der Waals surface area contributed by atoms with Crippen LogP contribution in [0, 0.1) is 0 Å². The van der Waals surface area contributed by atoms with Crippen LogP contribution < -0.4 is 5.32 Å². The molecule has 2 N–H and O–H groups in total. The van der Waals surface area contributed by atoms with Gasteiger partial charge in [0.2, 0.25) is 5.91 Å². The zero-order valence-electron chi connectivity index (χ0n) is 12.5. The zero-order chi connectivity index (χ0) is 16.9. The van der Waals surface area contributed by atoms with Crippen LogP contribution in [0.3, 0.4) is 0 Å². The smallest absolute Gasteiger partial charge is 0.239 e. The fourth-order valence-electron chi connectivity index (χ4n) is 2.13. The molecule has 3 rings (SSSR count). The molecule has 0 aromatic heterocycles. The van der Waals surface area contributed by atoms with Crippen LogP contribution in [-0.2, 0) is 11.2 Å². The number of benzene rings is 2. The molecule has 24 heavy (non-hydrogen) atoms. The number of nitrogens with one attached hydrogen (secondary N) is 1. The number of amides is 1. The molecule has 2 aromatic rings. The monoisotopic (exact) mass is 359 g/mol. The van der Waals surface area contributed by atoms with E-state index < -0.39 is 0 Å². The molecule has 1 atom stereocenters. The van der Waals surface area contributed by atoms with Gasteiger partial charge >= 0.3 is 0 Å². The molecule has 1 aliphatic rings. The standard InChI is InChI=1S/C17H14ClN3O2S/c18-13-5-1-11(2-6-13)9-15-16(23)20-17(24-15)21-19-10-12-3-7-14(22)8-4-12/h1-8,10,15,22H,9H2,(H,20,21,23)/b19-10+. The Morgan fingerprint density at radius 1 is 1.17 bits per heavy atom. The Morgan fingerprint density at radius 3 is 2.58 bits per heavy atom. The number of rotatable bonds is 4. The van der Waals surface area contributed by atoms with Crippen LogP contribution in [0.25, 0.3) is 0 Å². The van der Waals surface area contributed by atoms with E-state index >= 15 is 0 Å². The van der Waals surface area contributed by atoms with Gasteiger partial charge in [-0.2, -0.15) is 5.10 Å². The van der Waals surface area contributed by atoms with Gasteiger partial charge in [0.25, 0.3) is 0 Å². The first-order chi connectivity index (χ1) is 11.6. The van der Waals surface area contributed by atoms with E-state index in [9.17, 15) is 9.90 Å². The van der Waals surface area contributed by atoms with Gasteiger partial charge in [-0.25, -0.2) is 0 Å². The van der Waals surface area contributed by atoms with Crippen LogP contribution in [0.2, 0.25) is 5.02 Å². The molecule has 7 heteroatoms. The summed E-state index contributed by atoms with van der Waals surface area (Å²) < 4.78 is 0. The molecule has 0 aliphatic carbocycles. The van der Waals surface area contributed by atoms with Crippen molar-refractivity contribution in [1.29, 1.82) is 0 Å². The summed E-state index contributed by atoms with van der Waals surface area (Å²) in [6.07, 6.45) is 2.17. The first-order valence-electron chi connectivity index (χ1n) is 7.22. The second-order valence-electron chi connectivity index (χ2n) is 5.17. The Hall–Kier alpha value is -2.31. The number of phenols is 1. The molecule has 0 spiro atoms. The van der Waals surface area contributed by atoms with Gasteiger partial charge in [-0.3, -0.25) is 4.79 Å². The van der Waals surface area contributed by atoms with Crippen molar-refractivity contribution >= 4 is 40.7 Å². The molecule has 1 saturated heterocycles. The first-order valence-corrected chi connectivity index (χ1v) is 8.48. The van der Waals surface area contributed by atoms with Crippen molar-refractivity contribution in [2.24, 2.45) is 10.2 Å². The van der Waals surface area contributed by atoms with Gasteiger partial charge in [0.05, 0.1) is 11.5 Å². The fourth-order valence-corrected chi connectivity index (χ4v) is 3.22. The number of hydrogen-bond acceptors (Lipinski definition) is 5. The molecule has 122 valence electrons. The molecule has 1 heterocycles. The minimum absolute atomic E-state index is 0.0754. The van der Waals surface area contributed by atoms with Gasteiger partial charge in [0.15, 0.2) is 5.17 Å². The van der Waals surface area contributed by atoms with Gasteiger partial charge in [-0.1, -0.05) is 35.5 Å². The highest BCUT2D eigenvalue weighted by atomic mass is 35.5. The lowest BCUT2D eigenvalue weighted by Gasteiger charge is -2.05. The highest BCUT2D eigenvalue weighted by Gasteiger charge is 2.30. The summed E-state index contributed by atoms with van der Waals surface area (Å²) >= 11 is 7.22. The molecular weight excluding hydrogens is 346 g/mol. The lowest BCUT2D eigenvalue weighted by atomic mass is 10.1. The third-order valence-electron chi connectivity index (χ3n) is 3.36. The second kappa shape index (κ2) is 7.51. The maximum Gasteiger partial charge on any atom is 0.239 e. The highest BCUT2D eigenvalue weighted by molar-refractivity contribution is 8.15. The number of carbonyl (C=O) groups excluding carboxylic acids is 1. The van der Waals surface area contributed by atoms with Crippen molar-refractivity contribution < 1.29 is 9.90 Å². The molecule has 0 radical (unpaired) electrons. The molecule has 0 bridgehead atoms. The Morgan fingerprint density at radius 2 is 1.88 bits per heavy atom. The van der Waals surface area contributed by atoms with Crippen molar-refractivity contribution in [1.82, 2.24) is 5.32 Å². The van der Waals surface area contributed by atoms with Crippen LogP contribution >= 0.6 is 23.4 Å². The van der Waals surface area contributed by atoms with E-state index in [4.69, 9.17) is 11.6 Å². The topological polar surface area (TPSA) is 74.0 Å². The maximum absolute atomic E-state index is 12.0. The average molecular weight is 360 g/mol. The molecule has 5 nitrogen and oxygen atoms in total. The predicted molar refractivity (Wildman–Crippen MR) is 97.8 cm³/mol. The number of amidine groups is 1.